The van der Waals surface area contributed by atoms with Crippen molar-refractivity contribution in [3.8, 4) is 0 Å². The number of carbonyl (C=O) groups is 1. The zero-order valence-electron chi connectivity index (χ0n) is 8.00. The summed E-state index contributed by atoms with van der Waals surface area (Å²) < 4.78 is 5.05. The number of Topliss-reactive ketones (excluding diaryl/α,β-unsaturated/α-hetero) is 1. The Morgan fingerprint density at radius 2 is 2.00 bits per heavy atom. The molecule has 76 valence electrons. The van der Waals surface area contributed by atoms with Crippen LogP contribution in [0.4, 0.5) is 0 Å². The highest BCUT2D eigenvalue weighted by Gasteiger charge is 2.12. The highest BCUT2D eigenvalue weighted by Crippen LogP contribution is 2.11. The van der Waals surface area contributed by atoms with Gasteiger partial charge in [-0.15, -0.1) is 0 Å². The SMILES string of the molecule is O=C1CCCC1.OCC1CCCO1. The van der Waals surface area contributed by atoms with E-state index < -0.39 is 0 Å². The molecule has 3 heteroatoms. The molecule has 1 saturated carbocycles. The summed E-state index contributed by atoms with van der Waals surface area (Å²) in [6.45, 7) is 1.03. The lowest BCUT2D eigenvalue weighted by molar-refractivity contribution is -0.117. The van der Waals surface area contributed by atoms with E-state index in [4.69, 9.17) is 9.84 Å². The first kappa shape index (κ1) is 10.7. The molecule has 0 aromatic carbocycles. The van der Waals surface area contributed by atoms with Crippen molar-refractivity contribution in [2.75, 3.05) is 13.2 Å². The minimum absolute atomic E-state index is 0.153. The Morgan fingerprint density at radius 3 is 2.23 bits per heavy atom. The lowest BCUT2D eigenvalue weighted by Crippen LogP contribution is -2.09. The molecule has 1 aliphatic heterocycles. The molecular weight excluding hydrogens is 168 g/mol. The van der Waals surface area contributed by atoms with E-state index in [-0.39, 0.29) is 12.7 Å². The highest BCUT2D eigenvalue weighted by molar-refractivity contribution is 5.79. The fourth-order valence-corrected chi connectivity index (χ4v) is 1.56. The number of hydrogen-bond acceptors (Lipinski definition) is 3. The molecule has 2 fully saturated rings. The van der Waals surface area contributed by atoms with Crippen LogP contribution >= 0.6 is 0 Å². The molecule has 0 spiro atoms. The van der Waals surface area contributed by atoms with E-state index >= 15 is 0 Å². The van der Waals surface area contributed by atoms with Crippen molar-refractivity contribution in [3.63, 3.8) is 0 Å². The fourth-order valence-electron chi connectivity index (χ4n) is 1.56. The molecular formula is C10H18O3. The van der Waals surface area contributed by atoms with E-state index in [9.17, 15) is 4.79 Å². The molecule has 2 rings (SSSR count). The van der Waals surface area contributed by atoms with Gasteiger partial charge in [-0.1, -0.05) is 0 Å². The Morgan fingerprint density at radius 1 is 1.31 bits per heavy atom. The molecule has 1 atom stereocenters. The van der Waals surface area contributed by atoms with Gasteiger partial charge in [-0.05, 0) is 25.7 Å². The fraction of sp³-hybridized carbons (Fsp3) is 0.900. The van der Waals surface area contributed by atoms with Crippen LogP contribution in [0.3, 0.4) is 0 Å². The summed E-state index contributed by atoms with van der Waals surface area (Å²) in [6, 6.07) is 0. The summed E-state index contributed by atoms with van der Waals surface area (Å²) in [7, 11) is 0. The van der Waals surface area contributed by atoms with Gasteiger partial charge >= 0.3 is 0 Å². The van der Waals surface area contributed by atoms with Crippen LogP contribution in [0, 0.1) is 0 Å². The highest BCUT2D eigenvalue weighted by atomic mass is 16.5. The average molecular weight is 186 g/mol. The number of hydrogen-bond donors (Lipinski definition) is 1. The maximum atomic E-state index is 10.2. The third kappa shape index (κ3) is 4.39. The molecule has 0 aromatic rings. The molecule has 0 aromatic heterocycles. The van der Waals surface area contributed by atoms with Gasteiger partial charge in [0.15, 0.2) is 0 Å². The number of aliphatic hydroxyl groups excluding tert-OH is 1. The summed E-state index contributed by atoms with van der Waals surface area (Å²) in [5, 5.41) is 8.44. The Labute approximate surface area is 79.1 Å². The van der Waals surface area contributed by atoms with E-state index in [1.54, 1.807) is 0 Å². The van der Waals surface area contributed by atoms with Crippen molar-refractivity contribution >= 4 is 5.78 Å². The molecule has 1 saturated heterocycles. The minimum atomic E-state index is 0.153. The summed E-state index contributed by atoms with van der Waals surface area (Å²) in [4.78, 5) is 10.2. The first-order valence-electron chi connectivity index (χ1n) is 5.07. The van der Waals surface area contributed by atoms with Gasteiger partial charge in [-0.25, -0.2) is 0 Å². The van der Waals surface area contributed by atoms with Gasteiger partial charge in [0.05, 0.1) is 12.7 Å². The molecule has 1 N–H and O–H groups in total. The molecule has 0 amide bonds. The van der Waals surface area contributed by atoms with E-state index in [1.807, 2.05) is 0 Å². The molecule has 13 heavy (non-hydrogen) atoms. The monoisotopic (exact) mass is 186 g/mol. The van der Waals surface area contributed by atoms with Crippen LogP contribution in [0.1, 0.15) is 38.5 Å². The summed E-state index contributed by atoms with van der Waals surface area (Å²) in [5.41, 5.74) is 0. The molecule has 0 radical (unpaired) electrons. The van der Waals surface area contributed by atoms with Crippen LogP contribution < -0.4 is 0 Å². The van der Waals surface area contributed by atoms with Gasteiger partial charge in [0.25, 0.3) is 0 Å². The average Bonchev–Trinajstić information content (AvgIpc) is 2.76. The second-order valence-corrected chi connectivity index (χ2v) is 3.56. The quantitative estimate of drug-likeness (QED) is 0.671. The number of aliphatic hydroxyl groups is 1. The van der Waals surface area contributed by atoms with Gasteiger partial charge in [-0.3, -0.25) is 4.79 Å². The summed E-state index contributed by atoms with van der Waals surface area (Å²) in [5.74, 6) is 0.454. The minimum Gasteiger partial charge on any atom is -0.394 e. The number of ketones is 1. The molecule has 1 unspecified atom stereocenters. The zero-order valence-corrected chi connectivity index (χ0v) is 8.00. The Bertz CT molecular complexity index is 142. The standard InChI is InChI=1S/C5H10O2.C5H8O/c6-4-5-2-1-3-7-5;6-5-3-1-2-4-5/h5-6H,1-4H2;1-4H2. The predicted molar refractivity (Wildman–Crippen MR) is 49.5 cm³/mol. The van der Waals surface area contributed by atoms with Crippen LogP contribution in [-0.4, -0.2) is 30.2 Å². The van der Waals surface area contributed by atoms with Crippen LogP contribution in [0.15, 0.2) is 0 Å². The third-order valence-electron chi connectivity index (χ3n) is 2.39. The van der Waals surface area contributed by atoms with Gasteiger partial charge in [0.2, 0.25) is 0 Å². The smallest absolute Gasteiger partial charge is 0.132 e. The Hall–Kier alpha value is -0.410. The third-order valence-corrected chi connectivity index (χ3v) is 2.39. The number of rotatable bonds is 1. The van der Waals surface area contributed by atoms with Crippen LogP contribution in [0.25, 0.3) is 0 Å². The first-order valence-corrected chi connectivity index (χ1v) is 5.07. The molecule has 3 nitrogen and oxygen atoms in total. The zero-order chi connectivity index (χ0) is 9.52. The maximum Gasteiger partial charge on any atom is 0.132 e. The van der Waals surface area contributed by atoms with Crippen molar-refractivity contribution in [3.05, 3.63) is 0 Å². The van der Waals surface area contributed by atoms with Gasteiger partial charge in [0.1, 0.15) is 5.78 Å². The van der Waals surface area contributed by atoms with E-state index in [0.29, 0.717) is 5.78 Å². The normalized spacial score (nSPS) is 27.2. The largest absolute Gasteiger partial charge is 0.394 e. The Kier molecular flexibility index (Phi) is 5.01. The van der Waals surface area contributed by atoms with Crippen molar-refractivity contribution in [1.29, 1.82) is 0 Å². The number of ether oxygens (including phenoxy) is 1. The van der Waals surface area contributed by atoms with Crippen LogP contribution in [0.2, 0.25) is 0 Å². The Balaban J connectivity index is 0.000000132. The summed E-state index contributed by atoms with van der Waals surface area (Å²) in [6.07, 6.45) is 6.28. The predicted octanol–water partition coefficient (Wildman–Crippen LogP) is 1.29. The van der Waals surface area contributed by atoms with Gasteiger partial charge in [0, 0.05) is 19.4 Å². The molecule has 2 aliphatic rings. The second kappa shape index (κ2) is 6.11. The van der Waals surface area contributed by atoms with E-state index in [2.05, 4.69) is 0 Å². The van der Waals surface area contributed by atoms with E-state index in [1.165, 1.54) is 0 Å². The molecule has 1 aliphatic carbocycles. The van der Waals surface area contributed by atoms with Crippen molar-refractivity contribution in [2.45, 2.75) is 44.6 Å². The topological polar surface area (TPSA) is 46.5 Å². The maximum absolute atomic E-state index is 10.2. The van der Waals surface area contributed by atoms with Crippen molar-refractivity contribution < 1.29 is 14.6 Å². The van der Waals surface area contributed by atoms with Crippen LogP contribution in [0.5, 0.6) is 0 Å². The first-order chi connectivity index (χ1) is 6.33. The molecule has 1 heterocycles. The second-order valence-electron chi connectivity index (χ2n) is 3.56. The van der Waals surface area contributed by atoms with Crippen LogP contribution in [-0.2, 0) is 9.53 Å². The molecule has 0 bridgehead atoms. The van der Waals surface area contributed by atoms with E-state index in [0.717, 1.165) is 45.1 Å². The van der Waals surface area contributed by atoms with Crippen molar-refractivity contribution in [1.82, 2.24) is 0 Å². The summed E-state index contributed by atoms with van der Waals surface area (Å²) >= 11 is 0. The van der Waals surface area contributed by atoms with Gasteiger partial charge < -0.3 is 9.84 Å². The number of carbonyl (C=O) groups excluding carboxylic acids is 1. The lowest BCUT2D eigenvalue weighted by Gasteiger charge is -2.00. The lowest BCUT2D eigenvalue weighted by atomic mass is 10.2. The van der Waals surface area contributed by atoms with Gasteiger partial charge in [-0.2, -0.15) is 0 Å². The van der Waals surface area contributed by atoms with Crippen molar-refractivity contribution in [2.24, 2.45) is 0 Å².